The standard InChI is InChI=1S/C24H24N2O4/c27-23(26-30-18-21-14-8-3-9-15-21)22(16-19-10-4-1-5-11-19)25-24(28)29-17-20-12-6-2-7-13-20/h1-15,22H,16-18H2,(H,25,28)(H,26,27)/t22-/m1/s1. The summed E-state index contributed by atoms with van der Waals surface area (Å²) in [6, 6.07) is 27.4. The van der Waals surface area contributed by atoms with Crippen molar-refractivity contribution in [2.75, 3.05) is 0 Å². The molecule has 0 heterocycles. The monoisotopic (exact) mass is 404 g/mol. The fourth-order valence-electron chi connectivity index (χ4n) is 2.80. The quantitative estimate of drug-likeness (QED) is 0.532. The Balaban J connectivity index is 1.56. The number of amides is 2. The van der Waals surface area contributed by atoms with E-state index in [-0.39, 0.29) is 13.2 Å². The highest BCUT2D eigenvalue weighted by atomic mass is 16.7. The first-order valence-corrected chi connectivity index (χ1v) is 9.67. The summed E-state index contributed by atoms with van der Waals surface area (Å²) in [7, 11) is 0. The van der Waals surface area contributed by atoms with Gasteiger partial charge >= 0.3 is 6.09 Å². The van der Waals surface area contributed by atoms with Gasteiger partial charge in [0.2, 0.25) is 0 Å². The van der Waals surface area contributed by atoms with Crippen molar-refractivity contribution in [1.29, 1.82) is 0 Å². The number of alkyl carbamates (subject to hydrolysis) is 1. The lowest BCUT2D eigenvalue weighted by Gasteiger charge is -2.18. The topological polar surface area (TPSA) is 76.7 Å². The summed E-state index contributed by atoms with van der Waals surface area (Å²) >= 11 is 0. The molecule has 0 aromatic heterocycles. The molecule has 0 unspecified atom stereocenters. The first kappa shape index (κ1) is 21.1. The predicted molar refractivity (Wildman–Crippen MR) is 113 cm³/mol. The Morgan fingerprint density at radius 1 is 0.700 bits per heavy atom. The summed E-state index contributed by atoms with van der Waals surface area (Å²) in [5.74, 6) is -0.452. The van der Waals surface area contributed by atoms with Gasteiger partial charge in [0.1, 0.15) is 12.6 Å². The summed E-state index contributed by atoms with van der Waals surface area (Å²) in [5, 5.41) is 2.63. The summed E-state index contributed by atoms with van der Waals surface area (Å²) in [5.41, 5.74) is 5.12. The van der Waals surface area contributed by atoms with Crippen LogP contribution in [0.4, 0.5) is 4.79 Å². The second kappa shape index (κ2) is 11.4. The van der Waals surface area contributed by atoms with Gasteiger partial charge in [-0.05, 0) is 16.7 Å². The van der Waals surface area contributed by atoms with E-state index >= 15 is 0 Å². The molecular weight excluding hydrogens is 380 g/mol. The van der Waals surface area contributed by atoms with Crippen LogP contribution >= 0.6 is 0 Å². The molecule has 6 heteroatoms. The molecule has 0 spiro atoms. The number of ether oxygens (including phenoxy) is 1. The van der Waals surface area contributed by atoms with E-state index in [2.05, 4.69) is 10.8 Å². The fraction of sp³-hybridized carbons (Fsp3) is 0.167. The molecule has 0 radical (unpaired) electrons. The maximum absolute atomic E-state index is 12.6. The van der Waals surface area contributed by atoms with Crippen LogP contribution in [0.15, 0.2) is 91.0 Å². The molecule has 0 aliphatic rings. The lowest BCUT2D eigenvalue weighted by molar-refractivity contribution is -0.136. The molecule has 0 saturated heterocycles. The zero-order chi connectivity index (χ0) is 21.0. The van der Waals surface area contributed by atoms with Crippen molar-refractivity contribution in [2.24, 2.45) is 0 Å². The number of nitrogens with one attached hydrogen (secondary N) is 2. The van der Waals surface area contributed by atoms with Gasteiger partial charge in [-0.1, -0.05) is 91.0 Å². The summed E-state index contributed by atoms with van der Waals surface area (Å²) in [6.45, 7) is 0.347. The second-order valence-electron chi connectivity index (χ2n) is 6.69. The number of hydrogen-bond donors (Lipinski definition) is 2. The molecule has 3 aromatic carbocycles. The predicted octanol–water partition coefficient (Wildman–Crippen LogP) is 3.77. The Hall–Kier alpha value is -3.64. The minimum atomic E-state index is -0.841. The zero-order valence-electron chi connectivity index (χ0n) is 16.5. The zero-order valence-corrected chi connectivity index (χ0v) is 16.5. The van der Waals surface area contributed by atoms with Gasteiger partial charge in [-0.2, -0.15) is 0 Å². The van der Waals surface area contributed by atoms with Crippen molar-refractivity contribution < 1.29 is 19.2 Å². The van der Waals surface area contributed by atoms with Gasteiger partial charge in [-0.3, -0.25) is 9.63 Å². The van der Waals surface area contributed by atoms with E-state index < -0.39 is 18.0 Å². The molecule has 1 atom stereocenters. The third-order valence-corrected chi connectivity index (χ3v) is 4.36. The third kappa shape index (κ3) is 7.07. The minimum Gasteiger partial charge on any atom is -0.445 e. The molecule has 3 aromatic rings. The highest BCUT2D eigenvalue weighted by molar-refractivity contribution is 5.85. The van der Waals surface area contributed by atoms with Crippen molar-refractivity contribution in [3.05, 3.63) is 108 Å². The number of hydrogen-bond acceptors (Lipinski definition) is 4. The molecule has 0 saturated carbocycles. The minimum absolute atomic E-state index is 0.122. The molecule has 0 aliphatic heterocycles. The van der Waals surface area contributed by atoms with Gasteiger partial charge in [-0.25, -0.2) is 10.3 Å². The normalized spacial score (nSPS) is 11.3. The van der Waals surface area contributed by atoms with Crippen molar-refractivity contribution >= 4 is 12.0 Å². The molecular formula is C24H24N2O4. The lowest BCUT2D eigenvalue weighted by Crippen LogP contribution is -2.48. The lowest BCUT2D eigenvalue weighted by atomic mass is 10.1. The van der Waals surface area contributed by atoms with Crippen molar-refractivity contribution in [2.45, 2.75) is 25.7 Å². The molecule has 0 bridgehead atoms. The van der Waals surface area contributed by atoms with Gasteiger partial charge in [-0.15, -0.1) is 0 Å². The Morgan fingerprint density at radius 3 is 1.77 bits per heavy atom. The van der Waals surface area contributed by atoms with Crippen molar-refractivity contribution in [3.63, 3.8) is 0 Å². The highest BCUT2D eigenvalue weighted by Crippen LogP contribution is 2.06. The molecule has 2 amide bonds. The van der Waals surface area contributed by atoms with Gasteiger partial charge in [0.05, 0.1) is 6.61 Å². The molecule has 0 fully saturated rings. The molecule has 154 valence electrons. The molecule has 2 N–H and O–H groups in total. The van der Waals surface area contributed by atoms with Crippen LogP contribution in [0.1, 0.15) is 16.7 Å². The van der Waals surface area contributed by atoms with Gasteiger partial charge in [0.25, 0.3) is 5.91 Å². The van der Waals surface area contributed by atoms with E-state index in [0.717, 1.165) is 16.7 Å². The fourth-order valence-corrected chi connectivity index (χ4v) is 2.80. The average molecular weight is 404 g/mol. The number of carbonyl (C=O) groups is 2. The van der Waals surface area contributed by atoms with Crippen LogP contribution in [0, 0.1) is 0 Å². The first-order chi connectivity index (χ1) is 14.7. The Labute approximate surface area is 175 Å². The van der Waals surface area contributed by atoms with Gasteiger partial charge < -0.3 is 10.1 Å². The van der Waals surface area contributed by atoms with Crippen LogP contribution in [0.5, 0.6) is 0 Å². The molecule has 0 aliphatic carbocycles. The van der Waals surface area contributed by atoms with E-state index in [1.54, 1.807) is 0 Å². The first-order valence-electron chi connectivity index (χ1n) is 9.67. The van der Waals surface area contributed by atoms with Crippen molar-refractivity contribution in [1.82, 2.24) is 10.8 Å². The van der Waals surface area contributed by atoms with E-state index in [0.29, 0.717) is 6.42 Å². The largest absolute Gasteiger partial charge is 0.445 e. The number of benzene rings is 3. The Kier molecular flexibility index (Phi) is 8.00. The van der Waals surface area contributed by atoms with Crippen LogP contribution in [0.25, 0.3) is 0 Å². The van der Waals surface area contributed by atoms with E-state index in [9.17, 15) is 9.59 Å². The number of rotatable bonds is 9. The van der Waals surface area contributed by atoms with E-state index in [4.69, 9.17) is 9.57 Å². The van der Waals surface area contributed by atoms with E-state index in [1.807, 2.05) is 91.0 Å². The smallest absolute Gasteiger partial charge is 0.408 e. The number of carbonyl (C=O) groups excluding carboxylic acids is 2. The van der Waals surface area contributed by atoms with Crippen LogP contribution in [-0.4, -0.2) is 18.0 Å². The van der Waals surface area contributed by atoms with Crippen LogP contribution in [-0.2, 0) is 34.0 Å². The molecule has 6 nitrogen and oxygen atoms in total. The Morgan fingerprint density at radius 2 is 1.20 bits per heavy atom. The van der Waals surface area contributed by atoms with Crippen LogP contribution in [0.3, 0.4) is 0 Å². The summed E-state index contributed by atoms with van der Waals surface area (Å²) in [4.78, 5) is 30.2. The second-order valence-corrected chi connectivity index (χ2v) is 6.69. The Bertz CT molecular complexity index is 918. The van der Waals surface area contributed by atoms with Gasteiger partial charge in [0, 0.05) is 6.42 Å². The SMILES string of the molecule is O=C(N[C@H](Cc1ccccc1)C(=O)NOCc1ccccc1)OCc1ccccc1. The third-order valence-electron chi connectivity index (χ3n) is 4.36. The van der Waals surface area contributed by atoms with Crippen LogP contribution in [0.2, 0.25) is 0 Å². The van der Waals surface area contributed by atoms with Crippen LogP contribution < -0.4 is 10.8 Å². The maximum atomic E-state index is 12.6. The summed E-state index contributed by atoms with van der Waals surface area (Å²) < 4.78 is 5.25. The van der Waals surface area contributed by atoms with Gasteiger partial charge in [0.15, 0.2) is 0 Å². The molecule has 3 rings (SSSR count). The average Bonchev–Trinajstić information content (AvgIpc) is 2.79. The maximum Gasteiger partial charge on any atom is 0.408 e. The molecule has 30 heavy (non-hydrogen) atoms. The van der Waals surface area contributed by atoms with Crippen molar-refractivity contribution in [3.8, 4) is 0 Å². The highest BCUT2D eigenvalue weighted by Gasteiger charge is 2.22. The summed E-state index contributed by atoms with van der Waals surface area (Å²) in [6.07, 6.45) is -0.361. The van der Waals surface area contributed by atoms with E-state index in [1.165, 1.54) is 0 Å². The number of hydroxylamine groups is 1.